The fourth-order valence-corrected chi connectivity index (χ4v) is 2.40. The first-order valence-corrected chi connectivity index (χ1v) is 5.69. The second-order valence-electron chi connectivity index (χ2n) is 3.69. The second-order valence-corrected chi connectivity index (χ2v) is 5.01. The average molecular weight is 222 g/mol. The van der Waals surface area contributed by atoms with Crippen LogP contribution in [-0.2, 0) is 13.5 Å². The Balaban J connectivity index is 2.06. The summed E-state index contributed by atoms with van der Waals surface area (Å²) in [5.74, 6) is 0. The summed E-state index contributed by atoms with van der Waals surface area (Å²) in [4.78, 5) is 2.26. The second kappa shape index (κ2) is 4.16. The summed E-state index contributed by atoms with van der Waals surface area (Å²) in [6.45, 7) is 2.05. The Bertz CT molecular complexity index is 447. The van der Waals surface area contributed by atoms with Crippen LogP contribution in [0.5, 0.6) is 0 Å². The molecule has 3 nitrogen and oxygen atoms in total. The molecule has 0 aliphatic carbocycles. The standard InChI is InChI=1S/C11H14N2OS/c1-8-3-4-11(15-8)10(14)5-9-6-12-13(2)7-9/h3-4,6-7,10,14H,5H2,1-2H3. The number of aliphatic hydroxyl groups is 1. The van der Waals surface area contributed by atoms with E-state index in [9.17, 15) is 5.11 Å². The highest BCUT2D eigenvalue weighted by Crippen LogP contribution is 2.25. The smallest absolute Gasteiger partial charge is 0.0923 e. The van der Waals surface area contributed by atoms with Crippen LogP contribution in [-0.4, -0.2) is 14.9 Å². The van der Waals surface area contributed by atoms with E-state index >= 15 is 0 Å². The maximum absolute atomic E-state index is 9.97. The van der Waals surface area contributed by atoms with Crippen LogP contribution in [0.1, 0.15) is 21.4 Å². The molecule has 1 unspecified atom stereocenters. The van der Waals surface area contributed by atoms with Gasteiger partial charge < -0.3 is 5.11 Å². The number of aromatic nitrogens is 2. The molecule has 4 heteroatoms. The molecule has 2 aromatic heterocycles. The highest BCUT2D eigenvalue weighted by atomic mass is 32.1. The van der Waals surface area contributed by atoms with Gasteiger partial charge in [0.25, 0.3) is 0 Å². The van der Waals surface area contributed by atoms with Gasteiger partial charge in [0.05, 0.1) is 12.3 Å². The highest BCUT2D eigenvalue weighted by Gasteiger charge is 2.11. The molecule has 0 aromatic carbocycles. The van der Waals surface area contributed by atoms with Gasteiger partial charge in [0.1, 0.15) is 0 Å². The molecule has 0 bridgehead atoms. The van der Waals surface area contributed by atoms with E-state index in [0.717, 1.165) is 10.4 Å². The normalized spacial score (nSPS) is 13.0. The quantitative estimate of drug-likeness (QED) is 0.863. The number of aliphatic hydroxyl groups excluding tert-OH is 1. The van der Waals surface area contributed by atoms with Crippen LogP contribution in [0.2, 0.25) is 0 Å². The molecule has 80 valence electrons. The number of rotatable bonds is 3. The van der Waals surface area contributed by atoms with Crippen molar-refractivity contribution in [2.75, 3.05) is 0 Å². The molecule has 0 radical (unpaired) electrons. The van der Waals surface area contributed by atoms with Gasteiger partial charge in [-0.25, -0.2) is 0 Å². The van der Waals surface area contributed by atoms with E-state index in [1.807, 2.05) is 32.3 Å². The molecular formula is C11H14N2OS. The summed E-state index contributed by atoms with van der Waals surface area (Å²) in [6.07, 6.45) is 3.95. The summed E-state index contributed by atoms with van der Waals surface area (Å²) >= 11 is 1.64. The first kappa shape index (κ1) is 10.4. The molecule has 0 saturated heterocycles. The van der Waals surface area contributed by atoms with Gasteiger partial charge in [-0.05, 0) is 24.6 Å². The fraction of sp³-hybridized carbons (Fsp3) is 0.364. The Morgan fingerprint density at radius 1 is 1.53 bits per heavy atom. The molecule has 1 atom stereocenters. The van der Waals surface area contributed by atoms with E-state index in [4.69, 9.17) is 0 Å². The predicted molar refractivity (Wildman–Crippen MR) is 60.9 cm³/mol. The lowest BCUT2D eigenvalue weighted by Gasteiger charge is -2.05. The van der Waals surface area contributed by atoms with Crippen LogP contribution in [0.3, 0.4) is 0 Å². The molecule has 0 fully saturated rings. The van der Waals surface area contributed by atoms with E-state index in [-0.39, 0.29) is 0 Å². The first-order chi connectivity index (χ1) is 7.15. The van der Waals surface area contributed by atoms with Crippen molar-refractivity contribution in [3.8, 4) is 0 Å². The molecule has 0 saturated carbocycles. The molecule has 0 aliphatic heterocycles. The fourth-order valence-electron chi connectivity index (χ4n) is 1.53. The zero-order valence-electron chi connectivity index (χ0n) is 8.84. The molecule has 1 N–H and O–H groups in total. The van der Waals surface area contributed by atoms with Gasteiger partial charge in [0, 0.05) is 29.4 Å². The van der Waals surface area contributed by atoms with Crippen molar-refractivity contribution in [2.45, 2.75) is 19.4 Å². The van der Waals surface area contributed by atoms with Crippen LogP contribution in [0.25, 0.3) is 0 Å². The van der Waals surface area contributed by atoms with Crippen LogP contribution in [0.4, 0.5) is 0 Å². The van der Waals surface area contributed by atoms with Crippen molar-refractivity contribution < 1.29 is 5.11 Å². The molecule has 0 spiro atoms. The van der Waals surface area contributed by atoms with E-state index in [1.165, 1.54) is 4.88 Å². The Hall–Kier alpha value is -1.13. The minimum Gasteiger partial charge on any atom is -0.387 e. The van der Waals surface area contributed by atoms with Gasteiger partial charge in [-0.1, -0.05) is 0 Å². The zero-order valence-corrected chi connectivity index (χ0v) is 9.66. The summed E-state index contributed by atoms with van der Waals surface area (Å²) in [5.41, 5.74) is 1.07. The van der Waals surface area contributed by atoms with Crippen LogP contribution in [0, 0.1) is 6.92 Å². The van der Waals surface area contributed by atoms with Crippen molar-refractivity contribution >= 4 is 11.3 Å². The van der Waals surface area contributed by atoms with Crippen LogP contribution >= 0.6 is 11.3 Å². The predicted octanol–water partition coefficient (Wildman–Crippen LogP) is 2.07. The Labute approximate surface area is 93.0 Å². The molecule has 0 aliphatic rings. The van der Waals surface area contributed by atoms with E-state index < -0.39 is 6.10 Å². The third-order valence-electron chi connectivity index (χ3n) is 2.28. The summed E-state index contributed by atoms with van der Waals surface area (Å²) in [7, 11) is 1.88. The molecule has 2 aromatic rings. The molecule has 15 heavy (non-hydrogen) atoms. The van der Waals surface area contributed by atoms with Crippen molar-refractivity contribution in [3.05, 3.63) is 39.8 Å². The topological polar surface area (TPSA) is 38.1 Å². The summed E-state index contributed by atoms with van der Waals surface area (Å²) in [5, 5.41) is 14.0. The third-order valence-corrected chi connectivity index (χ3v) is 3.38. The molecular weight excluding hydrogens is 208 g/mol. The summed E-state index contributed by atoms with van der Waals surface area (Å²) in [6, 6.07) is 4.02. The van der Waals surface area contributed by atoms with Gasteiger partial charge in [0.15, 0.2) is 0 Å². The monoisotopic (exact) mass is 222 g/mol. The minimum absolute atomic E-state index is 0.409. The Morgan fingerprint density at radius 2 is 2.33 bits per heavy atom. The molecule has 0 amide bonds. The maximum Gasteiger partial charge on any atom is 0.0923 e. The Kier molecular flexibility index (Phi) is 2.88. The summed E-state index contributed by atoms with van der Waals surface area (Å²) < 4.78 is 1.75. The molecule has 2 heterocycles. The van der Waals surface area contributed by atoms with Gasteiger partial charge in [-0.3, -0.25) is 4.68 Å². The van der Waals surface area contributed by atoms with Crippen molar-refractivity contribution in [3.63, 3.8) is 0 Å². The number of aryl methyl sites for hydroxylation is 2. The largest absolute Gasteiger partial charge is 0.387 e. The lowest BCUT2D eigenvalue weighted by Crippen LogP contribution is -1.98. The number of thiophene rings is 1. The number of hydrogen-bond donors (Lipinski definition) is 1. The highest BCUT2D eigenvalue weighted by molar-refractivity contribution is 7.12. The number of nitrogens with zero attached hydrogens (tertiary/aromatic N) is 2. The zero-order chi connectivity index (χ0) is 10.8. The van der Waals surface area contributed by atoms with E-state index in [0.29, 0.717) is 6.42 Å². The molecule has 2 rings (SSSR count). The van der Waals surface area contributed by atoms with Gasteiger partial charge in [-0.15, -0.1) is 11.3 Å². The SMILES string of the molecule is Cc1ccc(C(O)Cc2cnn(C)c2)s1. The third kappa shape index (κ3) is 2.46. The van der Waals surface area contributed by atoms with Gasteiger partial charge in [-0.2, -0.15) is 5.10 Å². The number of hydrogen-bond acceptors (Lipinski definition) is 3. The average Bonchev–Trinajstić information content (AvgIpc) is 2.75. The maximum atomic E-state index is 9.97. The first-order valence-electron chi connectivity index (χ1n) is 4.87. The van der Waals surface area contributed by atoms with Crippen molar-refractivity contribution in [2.24, 2.45) is 7.05 Å². The van der Waals surface area contributed by atoms with E-state index in [2.05, 4.69) is 5.10 Å². The van der Waals surface area contributed by atoms with Crippen molar-refractivity contribution in [1.29, 1.82) is 0 Å². The Morgan fingerprint density at radius 3 is 2.87 bits per heavy atom. The lowest BCUT2D eigenvalue weighted by atomic mass is 10.1. The lowest BCUT2D eigenvalue weighted by molar-refractivity contribution is 0.182. The van der Waals surface area contributed by atoms with Crippen LogP contribution < -0.4 is 0 Å². The van der Waals surface area contributed by atoms with Crippen LogP contribution in [0.15, 0.2) is 24.5 Å². The van der Waals surface area contributed by atoms with Crippen molar-refractivity contribution in [1.82, 2.24) is 9.78 Å². The minimum atomic E-state index is -0.409. The van der Waals surface area contributed by atoms with Gasteiger partial charge in [0.2, 0.25) is 0 Å². The van der Waals surface area contributed by atoms with E-state index in [1.54, 1.807) is 22.2 Å². The van der Waals surface area contributed by atoms with Gasteiger partial charge >= 0.3 is 0 Å².